The van der Waals surface area contributed by atoms with Gasteiger partial charge in [-0.15, -0.1) is 0 Å². The molecule has 0 aliphatic carbocycles. The molecule has 120 valence electrons. The van der Waals surface area contributed by atoms with Crippen molar-refractivity contribution < 1.29 is 14.5 Å². The van der Waals surface area contributed by atoms with Crippen LogP contribution in [-0.2, 0) is 9.53 Å². The highest BCUT2D eigenvalue weighted by Gasteiger charge is 2.22. The summed E-state index contributed by atoms with van der Waals surface area (Å²) in [5.74, 6) is -0.424. The van der Waals surface area contributed by atoms with Crippen LogP contribution < -0.4 is 10.6 Å². The fourth-order valence-corrected chi connectivity index (χ4v) is 3.10. The minimum absolute atomic E-state index is 0.0294. The third-order valence-electron chi connectivity index (χ3n) is 3.50. The van der Waals surface area contributed by atoms with Crippen LogP contribution >= 0.6 is 11.8 Å². The van der Waals surface area contributed by atoms with E-state index in [-0.39, 0.29) is 10.9 Å². The Morgan fingerprint density at radius 1 is 1.39 bits per heavy atom. The zero-order valence-corrected chi connectivity index (χ0v) is 12.9. The molecule has 2 heterocycles. The Hall–Kier alpha value is -2.39. The molecule has 0 bridgehead atoms. The van der Waals surface area contributed by atoms with Crippen LogP contribution in [0.1, 0.15) is 5.56 Å². The molecular formula is C14H14N4O4S. The summed E-state index contributed by atoms with van der Waals surface area (Å²) in [5, 5.41) is 11.2. The Labute approximate surface area is 136 Å². The number of benzene rings is 1. The predicted molar refractivity (Wildman–Crippen MR) is 88.3 cm³/mol. The summed E-state index contributed by atoms with van der Waals surface area (Å²) in [5.41, 5.74) is 6.94. The van der Waals surface area contributed by atoms with Gasteiger partial charge in [-0.25, -0.2) is 0 Å². The summed E-state index contributed by atoms with van der Waals surface area (Å²) in [7, 11) is 0. The fraction of sp³-hybridized carbons (Fsp3) is 0.286. The van der Waals surface area contributed by atoms with Crippen molar-refractivity contribution in [3.05, 3.63) is 38.8 Å². The molecule has 1 fully saturated rings. The number of non-ortho nitro benzene ring substituents is 1. The second kappa shape index (κ2) is 6.39. The zero-order chi connectivity index (χ0) is 16.4. The van der Waals surface area contributed by atoms with E-state index >= 15 is 0 Å². The maximum Gasteiger partial charge on any atom is 0.286 e. The number of amidine groups is 1. The molecule has 2 N–H and O–H groups in total. The summed E-state index contributed by atoms with van der Waals surface area (Å²) in [6.45, 7) is 2.56. The molecule has 1 aromatic carbocycles. The molecule has 1 amide bonds. The second-order valence-electron chi connectivity index (χ2n) is 4.97. The van der Waals surface area contributed by atoms with Gasteiger partial charge in [0.15, 0.2) is 5.17 Å². The van der Waals surface area contributed by atoms with Crippen LogP contribution in [0.5, 0.6) is 0 Å². The Bertz CT molecular complexity index is 725. The maximum atomic E-state index is 11.8. The van der Waals surface area contributed by atoms with Crippen molar-refractivity contribution in [2.45, 2.75) is 0 Å². The molecule has 1 saturated heterocycles. The van der Waals surface area contributed by atoms with Crippen LogP contribution in [0, 0.1) is 10.1 Å². The van der Waals surface area contributed by atoms with Crippen molar-refractivity contribution in [1.82, 2.24) is 0 Å². The van der Waals surface area contributed by atoms with E-state index in [9.17, 15) is 14.9 Å². The molecule has 8 nitrogen and oxygen atoms in total. The summed E-state index contributed by atoms with van der Waals surface area (Å²) in [6.07, 6.45) is 1.61. The van der Waals surface area contributed by atoms with Gasteiger partial charge < -0.3 is 15.4 Å². The number of carbonyl (C=O) groups is 1. The number of carbonyl (C=O) groups excluding carboxylic acids is 1. The molecule has 0 spiro atoms. The van der Waals surface area contributed by atoms with Crippen molar-refractivity contribution in [2.75, 3.05) is 31.2 Å². The van der Waals surface area contributed by atoms with Gasteiger partial charge in [0, 0.05) is 36.5 Å². The first kappa shape index (κ1) is 15.5. The third-order valence-corrected chi connectivity index (χ3v) is 4.31. The maximum absolute atomic E-state index is 11.8. The molecular weight excluding hydrogens is 320 g/mol. The summed E-state index contributed by atoms with van der Waals surface area (Å²) in [6, 6.07) is 4.62. The predicted octanol–water partition coefficient (Wildman–Crippen LogP) is 1.36. The SMILES string of the molecule is NC1=NC(=O)/C(=C/c2cc([N+](=O)[O-])ccc2N2CCOCC2)S1. The summed E-state index contributed by atoms with van der Waals surface area (Å²) in [4.78, 5) is 28.4. The molecule has 2 aliphatic rings. The Balaban J connectivity index is 2.01. The van der Waals surface area contributed by atoms with Gasteiger partial charge in [-0.05, 0) is 23.9 Å². The molecule has 0 atom stereocenters. The first-order valence-electron chi connectivity index (χ1n) is 6.94. The van der Waals surface area contributed by atoms with E-state index in [1.807, 2.05) is 0 Å². The van der Waals surface area contributed by atoms with Gasteiger partial charge in [0.25, 0.3) is 11.6 Å². The largest absolute Gasteiger partial charge is 0.378 e. The number of hydrogen-bond donors (Lipinski definition) is 1. The second-order valence-corrected chi connectivity index (χ2v) is 6.03. The summed E-state index contributed by atoms with van der Waals surface area (Å²) >= 11 is 1.06. The third kappa shape index (κ3) is 3.35. The van der Waals surface area contributed by atoms with E-state index < -0.39 is 10.8 Å². The smallest absolute Gasteiger partial charge is 0.286 e. The van der Waals surface area contributed by atoms with E-state index in [0.717, 1.165) is 17.4 Å². The van der Waals surface area contributed by atoms with Gasteiger partial charge in [0.05, 0.1) is 23.0 Å². The topological polar surface area (TPSA) is 111 Å². The highest BCUT2D eigenvalue weighted by atomic mass is 32.2. The highest BCUT2D eigenvalue weighted by molar-refractivity contribution is 8.18. The van der Waals surface area contributed by atoms with Crippen LogP contribution in [0.4, 0.5) is 11.4 Å². The molecule has 0 radical (unpaired) electrons. The molecule has 1 aromatic rings. The number of nitrogens with two attached hydrogens (primary N) is 1. The molecule has 3 rings (SSSR count). The van der Waals surface area contributed by atoms with Crippen LogP contribution in [-0.4, -0.2) is 42.3 Å². The fourth-order valence-electron chi connectivity index (χ4n) is 2.43. The number of hydrogen-bond acceptors (Lipinski definition) is 7. The first-order chi connectivity index (χ1) is 11.0. The lowest BCUT2D eigenvalue weighted by Crippen LogP contribution is -2.36. The van der Waals surface area contributed by atoms with E-state index in [1.165, 1.54) is 12.1 Å². The van der Waals surface area contributed by atoms with Crippen LogP contribution in [0.15, 0.2) is 28.1 Å². The molecule has 9 heteroatoms. The Morgan fingerprint density at radius 3 is 2.74 bits per heavy atom. The number of morpholine rings is 1. The lowest BCUT2D eigenvalue weighted by atomic mass is 10.1. The minimum atomic E-state index is -0.459. The van der Waals surface area contributed by atoms with Crippen molar-refractivity contribution in [3.63, 3.8) is 0 Å². The number of amides is 1. The van der Waals surface area contributed by atoms with E-state index in [1.54, 1.807) is 12.1 Å². The zero-order valence-electron chi connectivity index (χ0n) is 12.1. The first-order valence-corrected chi connectivity index (χ1v) is 7.75. The van der Waals surface area contributed by atoms with Gasteiger partial charge >= 0.3 is 0 Å². The Morgan fingerprint density at radius 2 is 2.13 bits per heavy atom. The minimum Gasteiger partial charge on any atom is -0.378 e. The molecule has 0 aromatic heterocycles. The van der Waals surface area contributed by atoms with E-state index in [2.05, 4.69) is 9.89 Å². The normalized spacial score (nSPS) is 20.0. The van der Waals surface area contributed by atoms with E-state index in [4.69, 9.17) is 10.5 Å². The highest BCUT2D eigenvalue weighted by Crippen LogP contribution is 2.32. The van der Waals surface area contributed by atoms with Gasteiger partial charge in [0.1, 0.15) is 0 Å². The van der Waals surface area contributed by atoms with Crippen molar-refractivity contribution >= 4 is 40.3 Å². The number of nitrogens with zero attached hydrogens (tertiary/aromatic N) is 3. The van der Waals surface area contributed by atoms with Gasteiger partial charge in [0.2, 0.25) is 0 Å². The van der Waals surface area contributed by atoms with Crippen LogP contribution in [0.3, 0.4) is 0 Å². The number of rotatable bonds is 3. The molecule has 2 aliphatic heterocycles. The van der Waals surface area contributed by atoms with E-state index in [0.29, 0.717) is 36.8 Å². The lowest BCUT2D eigenvalue weighted by molar-refractivity contribution is -0.384. The number of anilines is 1. The average molecular weight is 334 g/mol. The number of ether oxygens (including phenoxy) is 1. The van der Waals surface area contributed by atoms with Crippen molar-refractivity contribution in [1.29, 1.82) is 0 Å². The van der Waals surface area contributed by atoms with Gasteiger partial charge in [-0.2, -0.15) is 4.99 Å². The lowest BCUT2D eigenvalue weighted by Gasteiger charge is -2.30. The quantitative estimate of drug-likeness (QED) is 0.504. The van der Waals surface area contributed by atoms with Crippen LogP contribution in [0.25, 0.3) is 6.08 Å². The van der Waals surface area contributed by atoms with Gasteiger partial charge in [-0.3, -0.25) is 14.9 Å². The number of nitro groups is 1. The number of thioether (sulfide) groups is 1. The molecule has 0 unspecified atom stereocenters. The number of nitro benzene ring substituents is 1. The van der Waals surface area contributed by atoms with Gasteiger partial charge in [-0.1, -0.05) is 0 Å². The summed E-state index contributed by atoms with van der Waals surface area (Å²) < 4.78 is 5.33. The van der Waals surface area contributed by atoms with Crippen molar-refractivity contribution in [2.24, 2.45) is 10.7 Å². The molecule has 23 heavy (non-hydrogen) atoms. The number of aliphatic imine (C=N–C) groups is 1. The monoisotopic (exact) mass is 334 g/mol. The van der Waals surface area contributed by atoms with Crippen LogP contribution in [0.2, 0.25) is 0 Å². The molecule has 0 saturated carbocycles. The average Bonchev–Trinajstić information content (AvgIpc) is 2.85. The van der Waals surface area contributed by atoms with Crippen molar-refractivity contribution in [3.8, 4) is 0 Å². The standard InChI is InChI=1S/C14H14N4O4S/c15-14-16-13(19)12(23-14)8-9-7-10(18(20)21)1-2-11(9)17-3-5-22-6-4-17/h1-2,7-8H,3-6H2,(H2,15,16,19)/b12-8-. The Kier molecular flexibility index (Phi) is 4.30.